The first kappa shape index (κ1) is 16.7. The summed E-state index contributed by atoms with van der Waals surface area (Å²) < 4.78 is 17.4. The van der Waals surface area contributed by atoms with Gasteiger partial charge in [-0.05, 0) is 25.7 Å². The third kappa shape index (κ3) is 5.25. The van der Waals surface area contributed by atoms with Gasteiger partial charge in [0.05, 0.1) is 6.61 Å². The molecule has 1 saturated heterocycles. The Labute approximate surface area is 130 Å². The van der Waals surface area contributed by atoms with Crippen LogP contribution >= 0.6 is 0 Å². The maximum absolute atomic E-state index is 12.0. The Hall–Kier alpha value is -0.620. The minimum absolute atomic E-state index is 0.350. The van der Waals surface area contributed by atoms with Crippen LogP contribution in [0.3, 0.4) is 0 Å². The molecule has 122 valence electrons. The zero-order chi connectivity index (χ0) is 15.1. The van der Waals surface area contributed by atoms with E-state index < -0.39 is 10.8 Å². The van der Waals surface area contributed by atoms with Crippen molar-refractivity contribution in [3.63, 3.8) is 0 Å². The molecule has 2 N–H and O–H groups in total. The smallest absolute Gasteiger partial charge is 0.191 e. The molecule has 0 radical (unpaired) electrons. The third-order valence-electron chi connectivity index (χ3n) is 4.43. The summed E-state index contributed by atoms with van der Waals surface area (Å²) in [4.78, 5) is 4.31. The molecule has 1 aliphatic carbocycles. The summed E-state index contributed by atoms with van der Waals surface area (Å²) in [6.07, 6.45) is 5.52. The summed E-state index contributed by atoms with van der Waals surface area (Å²) in [6.45, 7) is 4.66. The van der Waals surface area contributed by atoms with Crippen LogP contribution in [0.5, 0.6) is 0 Å². The van der Waals surface area contributed by atoms with E-state index in [4.69, 9.17) is 4.74 Å². The molecule has 1 heterocycles. The first-order valence-corrected chi connectivity index (χ1v) is 9.53. The molecule has 2 aliphatic rings. The van der Waals surface area contributed by atoms with Crippen molar-refractivity contribution >= 4 is 16.8 Å². The van der Waals surface area contributed by atoms with Crippen LogP contribution in [0.15, 0.2) is 4.99 Å². The van der Waals surface area contributed by atoms with Gasteiger partial charge in [0.1, 0.15) is 0 Å². The van der Waals surface area contributed by atoms with Crippen molar-refractivity contribution in [1.29, 1.82) is 0 Å². The van der Waals surface area contributed by atoms with E-state index >= 15 is 0 Å². The number of nitrogens with zero attached hydrogens (tertiary/aromatic N) is 1. The summed E-state index contributed by atoms with van der Waals surface area (Å²) in [5.74, 6) is 2.23. The Kier molecular flexibility index (Phi) is 6.96. The molecule has 0 amide bonds. The van der Waals surface area contributed by atoms with Gasteiger partial charge in [0.15, 0.2) is 5.96 Å². The largest absolute Gasteiger partial charge is 0.381 e. The molecular weight excluding hydrogens is 286 g/mol. The maximum Gasteiger partial charge on any atom is 0.191 e. The Morgan fingerprint density at radius 1 is 1.38 bits per heavy atom. The highest BCUT2D eigenvalue weighted by atomic mass is 32.2. The summed E-state index contributed by atoms with van der Waals surface area (Å²) in [5.41, 5.74) is 0. The lowest BCUT2D eigenvalue weighted by molar-refractivity contribution is 0.186. The number of aliphatic imine (C=N–C) groups is 1. The average molecular weight is 315 g/mol. The van der Waals surface area contributed by atoms with Crippen LogP contribution in [0.1, 0.15) is 39.0 Å². The van der Waals surface area contributed by atoms with Gasteiger partial charge in [-0.15, -0.1) is 0 Å². The van der Waals surface area contributed by atoms with Crippen LogP contribution in [0.2, 0.25) is 0 Å². The fraction of sp³-hybridized carbons (Fsp3) is 0.933. The number of ether oxygens (including phenoxy) is 1. The Morgan fingerprint density at radius 3 is 2.90 bits per heavy atom. The summed E-state index contributed by atoms with van der Waals surface area (Å²) in [7, 11) is 1.14. The van der Waals surface area contributed by atoms with Gasteiger partial charge in [0, 0.05) is 54.0 Å². The summed E-state index contributed by atoms with van der Waals surface area (Å²) in [5, 5.41) is 7.25. The van der Waals surface area contributed by atoms with Crippen molar-refractivity contribution in [3.8, 4) is 0 Å². The van der Waals surface area contributed by atoms with Crippen molar-refractivity contribution in [1.82, 2.24) is 10.6 Å². The van der Waals surface area contributed by atoms with E-state index in [0.29, 0.717) is 17.2 Å². The van der Waals surface area contributed by atoms with Crippen LogP contribution in [-0.2, 0) is 15.5 Å². The molecule has 5 nitrogen and oxygen atoms in total. The Bertz CT molecular complexity index is 370. The Balaban J connectivity index is 1.76. The van der Waals surface area contributed by atoms with Gasteiger partial charge in [0.2, 0.25) is 0 Å². The second kappa shape index (κ2) is 8.73. The highest BCUT2D eigenvalue weighted by molar-refractivity contribution is 7.85. The van der Waals surface area contributed by atoms with E-state index in [-0.39, 0.29) is 0 Å². The maximum atomic E-state index is 12.0. The van der Waals surface area contributed by atoms with Crippen LogP contribution < -0.4 is 10.6 Å². The molecule has 2 fully saturated rings. The van der Waals surface area contributed by atoms with Crippen LogP contribution in [0, 0.1) is 5.92 Å². The van der Waals surface area contributed by atoms with Crippen molar-refractivity contribution in [2.45, 2.75) is 50.3 Å². The van der Waals surface area contributed by atoms with Crippen molar-refractivity contribution < 1.29 is 8.95 Å². The fourth-order valence-electron chi connectivity index (χ4n) is 3.12. The predicted octanol–water partition coefficient (Wildman–Crippen LogP) is 1.27. The van der Waals surface area contributed by atoms with Gasteiger partial charge in [-0.1, -0.05) is 13.3 Å². The first-order chi connectivity index (χ1) is 10.2. The standard InChI is InChI=1S/C15H29N3O2S/c1-3-21(19)14-6-4-5-13(9-14)18-15(16-2)17-10-12-7-8-20-11-12/h12-14H,3-11H2,1-2H3,(H2,16,17,18). The number of hydrogen-bond donors (Lipinski definition) is 2. The molecule has 4 atom stereocenters. The zero-order valence-corrected chi connectivity index (χ0v) is 14.1. The molecule has 2 rings (SSSR count). The lowest BCUT2D eigenvalue weighted by Crippen LogP contribution is -2.47. The lowest BCUT2D eigenvalue weighted by atomic mass is 9.95. The molecule has 1 saturated carbocycles. The topological polar surface area (TPSA) is 62.7 Å². The van der Waals surface area contributed by atoms with E-state index in [1.807, 2.05) is 14.0 Å². The highest BCUT2D eigenvalue weighted by Gasteiger charge is 2.26. The highest BCUT2D eigenvalue weighted by Crippen LogP contribution is 2.23. The van der Waals surface area contributed by atoms with E-state index in [0.717, 1.165) is 63.6 Å². The van der Waals surface area contributed by atoms with Crippen molar-refractivity contribution in [3.05, 3.63) is 0 Å². The van der Waals surface area contributed by atoms with E-state index in [1.54, 1.807) is 0 Å². The molecule has 0 aromatic rings. The van der Waals surface area contributed by atoms with Gasteiger partial charge in [-0.25, -0.2) is 0 Å². The van der Waals surface area contributed by atoms with E-state index in [2.05, 4.69) is 15.6 Å². The second-order valence-corrected chi connectivity index (χ2v) is 7.99. The molecule has 6 heteroatoms. The van der Waals surface area contributed by atoms with Crippen LogP contribution in [0.25, 0.3) is 0 Å². The van der Waals surface area contributed by atoms with Gasteiger partial charge in [0.25, 0.3) is 0 Å². The summed E-state index contributed by atoms with van der Waals surface area (Å²) in [6, 6.07) is 0.394. The molecule has 4 unspecified atom stereocenters. The van der Waals surface area contributed by atoms with Gasteiger partial charge in [-0.2, -0.15) is 0 Å². The van der Waals surface area contributed by atoms with Crippen LogP contribution in [0.4, 0.5) is 0 Å². The van der Waals surface area contributed by atoms with E-state index in [9.17, 15) is 4.21 Å². The molecule has 0 bridgehead atoms. The van der Waals surface area contributed by atoms with E-state index in [1.165, 1.54) is 0 Å². The zero-order valence-electron chi connectivity index (χ0n) is 13.3. The van der Waals surface area contributed by atoms with Gasteiger partial charge in [-0.3, -0.25) is 9.20 Å². The van der Waals surface area contributed by atoms with Gasteiger partial charge >= 0.3 is 0 Å². The molecule has 0 aromatic carbocycles. The molecule has 21 heavy (non-hydrogen) atoms. The van der Waals surface area contributed by atoms with Crippen molar-refractivity contribution in [2.24, 2.45) is 10.9 Å². The monoisotopic (exact) mass is 315 g/mol. The van der Waals surface area contributed by atoms with Crippen LogP contribution in [-0.4, -0.2) is 54.0 Å². The summed E-state index contributed by atoms with van der Waals surface area (Å²) >= 11 is 0. The van der Waals surface area contributed by atoms with Gasteiger partial charge < -0.3 is 15.4 Å². The second-order valence-electron chi connectivity index (χ2n) is 5.98. The third-order valence-corrected chi connectivity index (χ3v) is 6.17. The lowest BCUT2D eigenvalue weighted by Gasteiger charge is -2.30. The first-order valence-electron chi connectivity index (χ1n) is 8.15. The number of nitrogens with one attached hydrogen (secondary N) is 2. The molecule has 0 aromatic heterocycles. The minimum Gasteiger partial charge on any atom is -0.381 e. The molecule has 1 aliphatic heterocycles. The quantitative estimate of drug-likeness (QED) is 0.592. The normalized spacial score (nSPS) is 31.9. The molecule has 0 spiro atoms. The predicted molar refractivity (Wildman–Crippen MR) is 88.2 cm³/mol. The SMILES string of the molecule is CCS(=O)C1CCCC(NC(=NC)NCC2CCOC2)C1. The minimum atomic E-state index is -0.673. The number of guanidine groups is 1. The fourth-order valence-corrected chi connectivity index (χ4v) is 4.47. The average Bonchev–Trinajstić information content (AvgIpc) is 3.04. The number of rotatable bonds is 5. The molecular formula is C15H29N3O2S. The Morgan fingerprint density at radius 2 is 2.24 bits per heavy atom. The van der Waals surface area contributed by atoms with Crippen molar-refractivity contribution in [2.75, 3.05) is 32.6 Å². The number of hydrogen-bond acceptors (Lipinski definition) is 3.